The molecule has 0 heterocycles. The molecule has 5 heteroatoms. The lowest BCUT2D eigenvalue weighted by atomic mass is 10.2. The van der Waals surface area contributed by atoms with Gasteiger partial charge in [-0.05, 0) is 30.3 Å². The van der Waals surface area contributed by atoms with Crippen molar-refractivity contribution in [1.29, 1.82) is 0 Å². The van der Waals surface area contributed by atoms with Crippen molar-refractivity contribution in [3.8, 4) is 5.75 Å². The Bertz CT molecular complexity index is 573. The minimum absolute atomic E-state index is 0.0432. The van der Waals surface area contributed by atoms with Crippen LogP contribution < -0.4 is 15.8 Å². The monoisotopic (exact) mass is 260 g/mol. The van der Waals surface area contributed by atoms with E-state index in [9.17, 15) is 9.18 Å². The Balaban J connectivity index is 1.93. The van der Waals surface area contributed by atoms with Crippen LogP contribution in [-0.2, 0) is 4.79 Å². The van der Waals surface area contributed by atoms with Gasteiger partial charge in [-0.1, -0.05) is 18.2 Å². The van der Waals surface area contributed by atoms with Crippen LogP contribution in [-0.4, -0.2) is 12.5 Å². The summed E-state index contributed by atoms with van der Waals surface area (Å²) in [6.45, 7) is -0.196. The first-order valence-electron chi connectivity index (χ1n) is 5.68. The number of rotatable bonds is 4. The maximum atomic E-state index is 13.4. The van der Waals surface area contributed by atoms with E-state index in [4.69, 9.17) is 10.5 Å². The smallest absolute Gasteiger partial charge is 0.262 e. The molecule has 0 aliphatic carbocycles. The van der Waals surface area contributed by atoms with E-state index in [0.29, 0.717) is 11.4 Å². The van der Waals surface area contributed by atoms with Crippen molar-refractivity contribution in [3.05, 3.63) is 54.3 Å². The lowest BCUT2D eigenvalue weighted by molar-refractivity contribution is -0.118. The predicted molar refractivity (Wildman–Crippen MR) is 71.4 cm³/mol. The Morgan fingerprint density at radius 3 is 2.68 bits per heavy atom. The molecule has 2 rings (SSSR count). The van der Waals surface area contributed by atoms with E-state index in [1.807, 2.05) is 6.07 Å². The second kappa shape index (κ2) is 5.86. The molecule has 2 aromatic rings. The Morgan fingerprint density at radius 1 is 1.21 bits per heavy atom. The van der Waals surface area contributed by atoms with Crippen molar-refractivity contribution < 1.29 is 13.9 Å². The van der Waals surface area contributed by atoms with E-state index in [1.54, 1.807) is 24.3 Å². The van der Waals surface area contributed by atoms with Crippen LogP contribution in [0.5, 0.6) is 5.75 Å². The Morgan fingerprint density at radius 2 is 1.95 bits per heavy atom. The van der Waals surface area contributed by atoms with E-state index in [-0.39, 0.29) is 12.3 Å². The molecule has 1 amide bonds. The quantitative estimate of drug-likeness (QED) is 0.830. The first kappa shape index (κ1) is 12.9. The first-order chi connectivity index (χ1) is 9.15. The zero-order valence-corrected chi connectivity index (χ0v) is 10.1. The molecule has 4 nitrogen and oxygen atoms in total. The fourth-order valence-electron chi connectivity index (χ4n) is 1.49. The Hall–Kier alpha value is -2.56. The summed E-state index contributed by atoms with van der Waals surface area (Å²) in [6.07, 6.45) is 0. The van der Waals surface area contributed by atoms with Crippen molar-refractivity contribution in [2.24, 2.45) is 0 Å². The molecule has 0 spiro atoms. The van der Waals surface area contributed by atoms with Gasteiger partial charge in [0.05, 0.1) is 5.69 Å². The number of hydrogen-bond acceptors (Lipinski definition) is 3. The van der Waals surface area contributed by atoms with Crippen LogP contribution in [0.2, 0.25) is 0 Å². The summed E-state index contributed by atoms with van der Waals surface area (Å²) >= 11 is 0. The van der Waals surface area contributed by atoms with Crippen LogP contribution in [0.1, 0.15) is 0 Å². The number of nitrogens with one attached hydrogen (secondary N) is 1. The van der Waals surface area contributed by atoms with Crippen molar-refractivity contribution in [1.82, 2.24) is 0 Å². The van der Waals surface area contributed by atoms with Gasteiger partial charge >= 0.3 is 0 Å². The summed E-state index contributed by atoms with van der Waals surface area (Å²) in [5.41, 5.74) is 5.94. The zero-order chi connectivity index (χ0) is 13.7. The number of ether oxygens (including phenoxy) is 1. The number of hydrogen-bond donors (Lipinski definition) is 2. The number of para-hydroxylation sites is 1. The van der Waals surface area contributed by atoms with Gasteiger partial charge in [-0.25, -0.2) is 4.39 Å². The van der Waals surface area contributed by atoms with Gasteiger partial charge in [0.15, 0.2) is 6.61 Å². The average molecular weight is 260 g/mol. The minimum atomic E-state index is -0.540. The van der Waals surface area contributed by atoms with Crippen molar-refractivity contribution in [2.45, 2.75) is 0 Å². The molecule has 98 valence electrons. The van der Waals surface area contributed by atoms with Crippen LogP contribution in [0.4, 0.5) is 15.8 Å². The highest BCUT2D eigenvalue weighted by Gasteiger charge is 2.08. The Kier molecular flexibility index (Phi) is 3.97. The zero-order valence-electron chi connectivity index (χ0n) is 10.1. The lowest BCUT2D eigenvalue weighted by Crippen LogP contribution is -2.20. The van der Waals surface area contributed by atoms with Gasteiger partial charge in [0.2, 0.25) is 0 Å². The molecule has 0 unspecified atom stereocenters. The summed E-state index contributed by atoms with van der Waals surface area (Å²) in [5, 5.41) is 2.40. The molecule has 0 radical (unpaired) electrons. The van der Waals surface area contributed by atoms with Gasteiger partial charge in [0.1, 0.15) is 11.6 Å². The van der Waals surface area contributed by atoms with Crippen molar-refractivity contribution in [2.75, 3.05) is 17.7 Å². The molecule has 3 N–H and O–H groups in total. The van der Waals surface area contributed by atoms with Gasteiger partial charge in [0, 0.05) is 5.69 Å². The van der Waals surface area contributed by atoms with Crippen molar-refractivity contribution in [3.63, 3.8) is 0 Å². The second-order valence-corrected chi connectivity index (χ2v) is 3.89. The van der Waals surface area contributed by atoms with Gasteiger partial charge < -0.3 is 15.8 Å². The van der Waals surface area contributed by atoms with Gasteiger partial charge in [-0.3, -0.25) is 4.79 Å². The SMILES string of the molecule is Nc1ccc(F)c(NC(=O)COc2ccccc2)c1. The molecule has 2 aromatic carbocycles. The number of anilines is 2. The number of carbonyl (C=O) groups excluding carboxylic acids is 1. The van der Waals surface area contributed by atoms with Crippen LogP contribution >= 0.6 is 0 Å². The number of nitrogens with two attached hydrogens (primary N) is 1. The number of halogens is 1. The van der Waals surface area contributed by atoms with Crippen LogP contribution in [0.3, 0.4) is 0 Å². The fourth-order valence-corrected chi connectivity index (χ4v) is 1.49. The van der Waals surface area contributed by atoms with E-state index in [1.165, 1.54) is 18.2 Å². The highest BCUT2D eigenvalue weighted by Crippen LogP contribution is 2.17. The molecule has 0 aromatic heterocycles. The number of nitrogen functional groups attached to an aromatic ring is 1. The first-order valence-corrected chi connectivity index (χ1v) is 5.68. The van der Waals surface area contributed by atoms with Gasteiger partial charge in [-0.2, -0.15) is 0 Å². The molecule has 0 bridgehead atoms. The van der Waals surface area contributed by atoms with E-state index in [2.05, 4.69) is 5.32 Å². The number of carbonyl (C=O) groups is 1. The molecule has 0 atom stereocenters. The largest absolute Gasteiger partial charge is 0.484 e. The van der Waals surface area contributed by atoms with E-state index < -0.39 is 11.7 Å². The molecular formula is C14H13FN2O2. The molecule has 0 fully saturated rings. The standard InChI is InChI=1S/C14H13FN2O2/c15-12-7-6-10(16)8-13(12)17-14(18)9-19-11-4-2-1-3-5-11/h1-8H,9,16H2,(H,17,18). The second-order valence-electron chi connectivity index (χ2n) is 3.89. The minimum Gasteiger partial charge on any atom is -0.484 e. The van der Waals surface area contributed by atoms with Gasteiger partial charge in [0.25, 0.3) is 5.91 Å². The third-order valence-corrected chi connectivity index (χ3v) is 2.38. The number of benzene rings is 2. The summed E-state index contributed by atoms with van der Waals surface area (Å²) < 4.78 is 18.6. The topological polar surface area (TPSA) is 64.3 Å². The van der Waals surface area contributed by atoms with E-state index >= 15 is 0 Å². The summed E-state index contributed by atoms with van der Waals surface area (Å²) in [7, 11) is 0. The molecule has 0 saturated carbocycles. The molecule has 0 aliphatic heterocycles. The molecule has 0 saturated heterocycles. The summed E-state index contributed by atoms with van der Waals surface area (Å²) in [5.74, 6) is -0.415. The molecule has 0 aliphatic rings. The fraction of sp³-hybridized carbons (Fsp3) is 0.0714. The molecule has 19 heavy (non-hydrogen) atoms. The predicted octanol–water partition coefficient (Wildman–Crippen LogP) is 2.43. The van der Waals surface area contributed by atoms with Crippen molar-refractivity contribution >= 4 is 17.3 Å². The van der Waals surface area contributed by atoms with E-state index in [0.717, 1.165) is 0 Å². The lowest BCUT2D eigenvalue weighted by Gasteiger charge is -2.08. The normalized spacial score (nSPS) is 9.95. The maximum absolute atomic E-state index is 13.4. The summed E-state index contributed by atoms with van der Waals surface area (Å²) in [4.78, 5) is 11.6. The highest BCUT2D eigenvalue weighted by atomic mass is 19.1. The highest BCUT2D eigenvalue weighted by molar-refractivity contribution is 5.92. The third-order valence-electron chi connectivity index (χ3n) is 2.38. The third kappa shape index (κ3) is 3.70. The molecular weight excluding hydrogens is 247 g/mol. The van der Waals surface area contributed by atoms with Crippen LogP contribution in [0, 0.1) is 5.82 Å². The summed E-state index contributed by atoms with van der Waals surface area (Å²) in [6, 6.07) is 12.9. The van der Waals surface area contributed by atoms with Gasteiger partial charge in [-0.15, -0.1) is 0 Å². The van der Waals surface area contributed by atoms with Crippen LogP contribution in [0.25, 0.3) is 0 Å². The van der Waals surface area contributed by atoms with Crippen LogP contribution in [0.15, 0.2) is 48.5 Å². The maximum Gasteiger partial charge on any atom is 0.262 e. The number of amides is 1. The average Bonchev–Trinajstić information content (AvgIpc) is 2.42. The Labute approximate surface area is 110 Å².